The van der Waals surface area contributed by atoms with Crippen molar-refractivity contribution in [3.05, 3.63) is 29.8 Å². The van der Waals surface area contributed by atoms with E-state index in [9.17, 15) is 13.2 Å². The zero-order chi connectivity index (χ0) is 14.5. The second kappa shape index (κ2) is 8.21. The Labute approximate surface area is 125 Å². The molecule has 114 valence electrons. The van der Waals surface area contributed by atoms with Gasteiger partial charge >= 0.3 is 0 Å². The van der Waals surface area contributed by atoms with Crippen LogP contribution in [0.5, 0.6) is 0 Å². The summed E-state index contributed by atoms with van der Waals surface area (Å²) in [6, 6.07) is 6.60. The summed E-state index contributed by atoms with van der Waals surface area (Å²) in [7, 11) is -0.568. The van der Waals surface area contributed by atoms with Gasteiger partial charge in [-0.2, -0.15) is 0 Å². The van der Waals surface area contributed by atoms with E-state index in [1.54, 1.807) is 18.2 Å². The average Bonchev–Trinajstić information content (AvgIpc) is 2.37. The van der Waals surface area contributed by atoms with Crippen LogP contribution in [0.15, 0.2) is 29.2 Å². The number of rotatable bonds is 6. The van der Waals surface area contributed by atoms with Gasteiger partial charge in [0.2, 0.25) is 15.9 Å². The molecular weight excluding hydrogens is 302 g/mol. The van der Waals surface area contributed by atoms with Crippen LogP contribution in [0.2, 0.25) is 0 Å². The van der Waals surface area contributed by atoms with E-state index >= 15 is 0 Å². The lowest BCUT2D eigenvalue weighted by Gasteiger charge is -2.15. The predicted molar refractivity (Wildman–Crippen MR) is 80.1 cm³/mol. The van der Waals surface area contributed by atoms with Gasteiger partial charge in [-0.05, 0) is 11.6 Å². The first-order chi connectivity index (χ1) is 8.89. The van der Waals surface area contributed by atoms with E-state index in [2.05, 4.69) is 5.32 Å². The van der Waals surface area contributed by atoms with Gasteiger partial charge < -0.3 is 11.1 Å². The summed E-state index contributed by atoms with van der Waals surface area (Å²) in [6.45, 7) is 0.436. The molecule has 0 heterocycles. The van der Waals surface area contributed by atoms with E-state index in [0.717, 1.165) is 4.31 Å². The number of hydrogen-bond acceptors (Lipinski definition) is 4. The van der Waals surface area contributed by atoms with Crippen molar-refractivity contribution in [1.29, 1.82) is 0 Å². The fourth-order valence-corrected chi connectivity index (χ4v) is 2.63. The molecule has 0 aliphatic carbocycles. The first-order valence-electron chi connectivity index (χ1n) is 5.86. The Morgan fingerprint density at radius 3 is 2.45 bits per heavy atom. The number of carbonyl (C=O) groups excluding carboxylic acids is 1. The lowest BCUT2D eigenvalue weighted by Crippen LogP contribution is -2.28. The van der Waals surface area contributed by atoms with Crippen LogP contribution in [0, 0.1) is 0 Å². The molecule has 0 spiro atoms. The zero-order valence-corrected chi connectivity index (χ0v) is 13.1. The summed E-state index contributed by atoms with van der Waals surface area (Å²) in [5.41, 5.74) is 5.83. The Morgan fingerprint density at radius 1 is 1.30 bits per heavy atom. The van der Waals surface area contributed by atoms with Gasteiger partial charge in [-0.3, -0.25) is 4.79 Å². The molecule has 1 rings (SSSR count). The molecule has 0 fully saturated rings. The smallest absolute Gasteiger partial charge is 0.242 e. The third-order valence-electron chi connectivity index (χ3n) is 2.58. The number of benzene rings is 1. The Morgan fingerprint density at radius 2 is 1.90 bits per heavy atom. The fraction of sp³-hybridized carbons (Fsp3) is 0.417. The summed E-state index contributed by atoms with van der Waals surface area (Å²) >= 11 is 0. The molecule has 0 aliphatic rings. The lowest BCUT2D eigenvalue weighted by molar-refractivity contribution is -0.121. The van der Waals surface area contributed by atoms with E-state index in [1.165, 1.54) is 20.2 Å². The minimum atomic E-state index is -3.51. The van der Waals surface area contributed by atoms with Gasteiger partial charge in [0.05, 0.1) is 4.90 Å². The van der Waals surface area contributed by atoms with Crippen molar-refractivity contribution in [2.75, 3.05) is 20.6 Å². The van der Waals surface area contributed by atoms with Gasteiger partial charge in [0.25, 0.3) is 0 Å². The highest BCUT2D eigenvalue weighted by atomic mass is 35.5. The first kappa shape index (κ1) is 18.9. The molecule has 20 heavy (non-hydrogen) atoms. The minimum absolute atomic E-state index is 0. The maximum absolute atomic E-state index is 12.1. The minimum Gasteiger partial charge on any atom is -0.352 e. The number of halogens is 1. The number of sulfonamides is 1. The Bertz CT molecular complexity index is 547. The monoisotopic (exact) mass is 321 g/mol. The zero-order valence-electron chi connectivity index (χ0n) is 11.5. The molecule has 0 saturated heterocycles. The number of amides is 1. The SMILES string of the molecule is CN(C)S(=O)(=O)c1ccccc1CNC(=O)CCN.Cl. The van der Waals surface area contributed by atoms with Crippen LogP contribution in [0.4, 0.5) is 0 Å². The number of nitrogens with one attached hydrogen (secondary N) is 1. The lowest BCUT2D eigenvalue weighted by atomic mass is 10.2. The third kappa shape index (κ3) is 4.75. The molecule has 1 aromatic rings. The van der Waals surface area contributed by atoms with Gasteiger partial charge in [-0.25, -0.2) is 12.7 Å². The van der Waals surface area contributed by atoms with Crippen LogP contribution >= 0.6 is 12.4 Å². The average molecular weight is 322 g/mol. The first-order valence-corrected chi connectivity index (χ1v) is 7.30. The molecule has 0 bridgehead atoms. The van der Waals surface area contributed by atoms with Crippen molar-refractivity contribution in [2.45, 2.75) is 17.9 Å². The van der Waals surface area contributed by atoms with Crippen LogP contribution in [-0.4, -0.2) is 39.3 Å². The molecule has 0 atom stereocenters. The molecule has 1 aromatic carbocycles. The molecular formula is C12H20ClN3O3S. The van der Waals surface area contributed by atoms with E-state index in [1.807, 2.05) is 0 Å². The molecule has 1 amide bonds. The van der Waals surface area contributed by atoms with Gasteiger partial charge in [-0.1, -0.05) is 18.2 Å². The molecule has 6 nitrogen and oxygen atoms in total. The normalized spacial score (nSPS) is 11.0. The Balaban J connectivity index is 0.00000361. The number of carbonyl (C=O) groups is 1. The van der Waals surface area contributed by atoms with Crippen molar-refractivity contribution in [1.82, 2.24) is 9.62 Å². The molecule has 0 aromatic heterocycles. The molecule has 3 N–H and O–H groups in total. The molecule has 8 heteroatoms. The predicted octanol–water partition coefficient (Wildman–Crippen LogP) is 0.324. The summed E-state index contributed by atoms with van der Waals surface area (Å²) in [4.78, 5) is 11.6. The number of nitrogens with zero attached hydrogens (tertiary/aromatic N) is 1. The summed E-state index contributed by atoms with van der Waals surface area (Å²) < 4.78 is 25.4. The third-order valence-corrected chi connectivity index (χ3v) is 4.49. The summed E-state index contributed by atoms with van der Waals surface area (Å²) in [5, 5.41) is 2.65. The fourth-order valence-electron chi connectivity index (χ4n) is 1.51. The van der Waals surface area contributed by atoms with Crippen molar-refractivity contribution < 1.29 is 13.2 Å². The topological polar surface area (TPSA) is 92.5 Å². The quantitative estimate of drug-likeness (QED) is 0.789. The maximum atomic E-state index is 12.1. The van der Waals surface area contributed by atoms with E-state index in [4.69, 9.17) is 5.73 Å². The van der Waals surface area contributed by atoms with E-state index < -0.39 is 10.0 Å². The van der Waals surface area contributed by atoms with Crippen LogP contribution in [0.1, 0.15) is 12.0 Å². The van der Waals surface area contributed by atoms with E-state index in [-0.39, 0.29) is 42.7 Å². The molecule has 0 radical (unpaired) electrons. The van der Waals surface area contributed by atoms with Crippen LogP contribution in [0.25, 0.3) is 0 Å². The van der Waals surface area contributed by atoms with E-state index in [0.29, 0.717) is 5.56 Å². The highest BCUT2D eigenvalue weighted by molar-refractivity contribution is 7.89. The number of nitrogens with two attached hydrogens (primary N) is 1. The van der Waals surface area contributed by atoms with Crippen molar-refractivity contribution in [3.63, 3.8) is 0 Å². The van der Waals surface area contributed by atoms with Crippen molar-refractivity contribution in [3.8, 4) is 0 Å². The van der Waals surface area contributed by atoms with Crippen LogP contribution < -0.4 is 11.1 Å². The van der Waals surface area contributed by atoms with Crippen LogP contribution in [0.3, 0.4) is 0 Å². The highest BCUT2D eigenvalue weighted by Crippen LogP contribution is 2.18. The largest absolute Gasteiger partial charge is 0.352 e. The second-order valence-corrected chi connectivity index (χ2v) is 6.33. The van der Waals surface area contributed by atoms with Crippen molar-refractivity contribution >= 4 is 28.3 Å². The Hall–Kier alpha value is -1.15. The second-order valence-electron chi connectivity index (χ2n) is 4.21. The van der Waals surface area contributed by atoms with Gasteiger partial charge in [0.1, 0.15) is 0 Å². The summed E-state index contributed by atoms with van der Waals surface area (Å²) in [5.74, 6) is -0.195. The summed E-state index contributed by atoms with van der Waals surface area (Å²) in [6.07, 6.45) is 0.225. The Kier molecular flexibility index (Phi) is 7.74. The van der Waals surface area contributed by atoms with Gasteiger partial charge in [0.15, 0.2) is 0 Å². The standard InChI is InChI=1S/C12H19N3O3S.ClH/c1-15(2)19(17,18)11-6-4-3-5-10(11)9-14-12(16)7-8-13;/h3-6H,7-9,13H2,1-2H3,(H,14,16);1H. The van der Waals surface area contributed by atoms with Crippen LogP contribution in [-0.2, 0) is 21.4 Å². The van der Waals surface area contributed by atoms with Gasteiger partial charge in [0, 0.05) is 33.6 Å². The van der Waals surface area contributed by atoms with Gasteiger partial charge in [-0.15, -0.1) is 12.4 Å². The molecule has 0 saturated carbocycles. The maximum Gasteiger partial charge on any atom is 0.242 e. The molecule has 0 aliphatic heterocycles. The number of hydrogen-bond donors (Lipinski definition) is 2. The highest BCUT2D eigenvalue weighted by Gasteiger charge is 2.20. The van der Waals surface area contributed by atoms with Crippen molar-refractivity contribution in [2.24, 2.45) is 5.73 Å². The molecule has 0 unspecified atom stereocenters.